The van der Waals surface area contributed by atoms with Gasteiger partial charge in [0.15, 0.2) is 16.7 Å². The van der Waals surface area contributed by atoms with Gasteiger partial charge in [0.05, 0.1) is 7.11 Å². The fourth-order valence-corrected chi connectivity index (χ4v) is 4.99. The van der Waals surface area contributed by atoms with Gasteiger partial charge in [-0.3, -0.25) is 4.79 Å². The predicted molar refractivity (Wildman–Crippen MR) is 126 cm³/mol. The van der Waals surface area contributed by atoms with Crippen molar-refractivity contribution in [3.8, 4) is 27.8 Å². The second-order valence-electron chi connectivity index (χ2n) is 8.17. The maximum absolute atomic E-state index is 13.8. The van der Waals surface area contributed by atoms with Crippen molar-refractivity contribution in [2.75, 3.05) is 13.7 Å². The van der Waals surface area contributed by atoms with Gasteiger partial charge in [-0.1, -0.05) is 0 Å². The molecule has 2 aromatic carbocycles. The van der Waals surface area contributed by atoms with Gasteiger partial charge < -0.3 is 9.64 Å². The minimum atomic E-state index is -0.365. The number of aromatic nitrogens is 3. The van der Waals surface area contributed by atoms with Gasteiger partial charge in [0.2, 0.25) is 5.91 Å². The first-order chi connectivity index (χ1) is 16.4. The van der Waals surface area contributed by atoms with Crippen LogP contribution in [0.2, 0.25) is 0 Å². The summed E-state index contributed by atoms with van der Waals surface area (Å²) < 4.78 is 34.1. The van der Waals surface area contributed by atoms with Crippen molar-refractivity contribution in [1.29, 1.82) is 0 Å². The maximum atomic E-state index is 13.8. The molecule has 0 atom stereocenters. The molecule has 5 rings (SSSR count). The Morgan fingerprint density at radius 2 is 1.88 bits per heavy atom. The molecule has 0 bridgehead atoms. The summed E-state index contributed by atoms with van der Waals surface area (Å²) in [5, 5.41) is 5.41. The van der Waals surface area contributed by atoms with Gasteiger partial charge in [-0.2, -0.15) is 0 Å². The van der Waals surface area contributed by atoms with E-state index in [1.165, 1.54) is 27.8 Å². The van der Waals surface area contributed by atoms with E-state index < -0.39 is 0 Å². The Labute approximate surface area is 199 Å². The van der Waals surface area contributed by atoms with Gasteiger partial charge in [-0.15, -0.1) is 16.4 Å². The van der Waals surface area contributed by atoms with Gasteiger partial charge in [0.1, 0.15) is 18.2 Å². The number of ether oxygens (including phenoxy) is 1. The summed E-state index contributed by atoms with van der Waals surface area (Å²) in [5.74, 6) is 0.0482. The van der Waals surface area contributed by atoms with Gasteiger partial charge in [-0.25, -0.2) is 18.4 Å². The molecule has 0 saturated heterocycles. The van der Waals surface area contributed by atoms with E-state index in [4.69, 9.17) is 4.74 Å². The third-order valence-electron chi connectivity index (χ3n) is 5.87. The standard InChI is InChI=1S/C25H22F2N4O2S/c1-15-11-17(5-8-20(15)27)24-28-25(16-3-6-19(26)7-4-16)31(29-24)14-22(32)30-10-9-21-18(13-30)12-23(33-2)34-21/h3-8,11-12H,9-10,13-14H2,1-2H3. The van der Waals surface area contributed by atoms with Crippen LogP contribution in [0.25, 0.3) is 22.8 Å². The van der Waals surface area contributed by atoms with Crippen LogP contribution in [0.4, 0.5) is 8.78 Å². The van der Waals surface area contributed by atoms with Crippen LogP contribution >= 0.6 is 11.3 Å². The minimum Gasteiger partial charge on any atom is -0.487 e. The summed E-state index contributed by atoms with van der Waals surface area (Å²) in [7, 11) is 1.64. The lowest BCUT2D eigenvalue weighted by molar-refractivity contribution is -0.132. The van der Waals surface area contributed by atoms with Crippen molar-refractivity contribution < 1.29 is 18.3 Å². The van der Waals surface area contributed by atoms with Crippen molar-refractivity contribution in [3.05, 3.63) is 76.2 Å². The normalized spacial score (nSPS) is 13.1. The number of methoxy groups -OCH3 is 1. The molecule has 3 heterocycles. The third-order valence-corrected chi connectivity index (χ3v) is 7.07. The Morgan fingerprint density at radius 3 is 2.62 bits per heavy atom. The largest absolute Gasteiger partial charge is 0.487 e. The van der Waals surface area contributed by atoms with Gasteiger partial charge in [-0.05, 0) is 73.0 Å². The lowest BCUT2D eigenvalue weighted by Gasteiger charge is -2.27. The van der Waals surface area contributed by atoms with Crippen LogP contribution in [0.5, 0.6) is 5.06 Å². The number of amides is 1. The zero-order valence-electron chi connectivity index (χ0n) is 18.7. The molecule has 0 fully saturated rings. The Balaban J connectivity index is 1.45. The molecule has 0 aliphatic carbocycles. The summed E-state index contributed by atoms with van der Waals surface area (Å²) in [6, 6.07) is 12.5. The number of thiophene rings is 1. The maximum Gasteiger partial charge on any atom is 0.244 e. The van der Waals surface area contributed by atoms with Crippen LogP contribution in [-0.4, -0.2) is 39.2 Å². The van der Waals surface area contributed by atoms with Crippen LogP contribution < -0.4 is 4.74 Å². The van der Waals surface area contributed by atoms with Gasteiger partial charge in [0.25, 0.3) is 0 Å². The minimum absolute atomic E-state index is 0.0174. The summed E-state index contributed by atoms with van der Waals surface area (Å²) in [5.41, 5.74) is 2.85. The highest BCUT2D eigenvalue weighted by Crippen LogP contribution is 2.33. The molecule has 0 unspecified atom stereocenters. The molecule has 1 amide bonds. The molecule has 0 radical (unpaired) electrons. The second kappa shape index (κ2) is 8.98. The average molecular weight is 481 g/mol. The van der Waals surface area contributed by atoms with E-state index in [1.54, 1.807) is 54.5 Å². The highest BCUT2D eigenvalue weighted by molar-refractivity contribution is 7.14. The zero-order chi connectivity index (χ0) is 23.8. The van der Waals surface area contributed by atoms with Gasteiger partial charge >= 0.3 is 0 Å². The van der Waals surface area contributed by atoms with E-state index in [2.05, 4.69) is 10.1 Å². The van der Waals surface area contributed by atoms with Crippen LogP contribution in [0.1, 0.15) is 16.0 Å². The Hall–Kier alpha value is -3.59. The first-order valence-corrected chi connectivity index (χ1v) is 11.6. The first kappa shape index (κ1) is 22.2. The molecule has 174 valence electrons. The third kappa shape index (κ3) is 4.31. The number of hydrogen-bond acceptors (Lipinski definition) is 5. The number of halogens is 2. The van der Waals surface area contributed by atoms with E-state index in [0.29, 0.717) is 41.4 Å². The number of fused-ring (bicyclic) bond motifs is 1. The van der Waals surface area contributed by atoms with Crippen LogP contribution in [0.3, 0.4) is 0 Å². The Kier molecular flexibility index (Phi) is 5.87. The topological polar surface area (TPSA) is 60.2 Å². The Bertz CT molecular complexity index is 1360. The van der Waals surface area contributed by atoms with Crippen molar-refractivity contribution >= 4 is 17.2 Å². The van der Waals surface area contributed by atoms with Crippen LogP contribution in [-0.2, 0) is 24.3 Å². The van der Waals surface area contributed by atoms with E-state index in [9.17, 15) is 13.6 Å². The molecular weight excluding hydrogens is 458 g/mol. The molecule has 4 aromatic rings. The SMILES string of the molecule is COc1cc2c(s1)CCN(C(=O)Cn1nc(-c3ccc(F)c(C)c3)nc1-c1ccc(F)cc1)C2. The summed E-state index contributed by atoms with van der Waals surface area (Å²) in [6.45, 7) is 2.78. The van der Waals surface area contributed by atoms with Crippen molar-refractivity contribution in [2.45, 2.75) is 26.4 Å². The molecule has 2 aromatic heterocycles. The van der Waals surface area contributed by atoms with Crippen LogP contribution in [0, 0.1) is 18.6 Å². The van der Waals surface area contributed by atoms with E-state index >= 15 is 0 Å². The average Bonchev–Trinajstić information content (AvgIpc) is 3.45. The quantitative estimate of drug-likeness (QED) is 0.410. The van der Waals surface area contributed by atoms with E-state index in [-0.39, 0.29) is 24.1 Å². The lowest BCUT2D eigenvalue weighted by Crippen LogP contribution is -2.37. The molecule has 34 heavy (non-hydrogen) atoms. The molecule has 0 saturated carbocycles. The molecule has 6 nitrogen and oxygen atoms in total. The number of aryl methyl sites for hydroxylation is 1. The fraction of sp³-hybridized carbons (Fsp3) is 0.240. The molecule has 1 aliphatic rings. The summed E-state index contributed by atoms with van der Waals surface area (Å²) >= 11 is 1.61. The molecule has 9 heteroatoms. The predicted octanol–water partition coefficient (Wildman–Crippen LogP) is 4.85. The van der Waals surface area contributed by atoms with E-state index in [0.717, 1.165) is 17.0 Å². The number of benzene rings is 2. The fourth-order valence-electron chi connectivity index (χ4n) is 4.02. The molecular formula is C25H22F2N4O2S. The highest BCUT2D eigenvalue weighted by Gasteiger charge is 2.25. The molecule has 0 spiro atoms. The number of carbonyl (C=O) groups is 1. The number of carbonyl (C=O) groups excluding carboxylic acids is 1. The van der Waals surface area contributed by atoms with E-state index in [1.807, 2.05) is 6.07 Å². The van der Waals surface area contributed by atoms with Crippen LogP contribution in [0.15, 0.2) is 48.5 Å². The zero-order valence-corrected chi connectivity index (χ0v) is 19.5. The Morgan fingerprint density at radius 1 is 1.12 bits per heavy atom. The molecule has 1 aliphatic heterocycles. The smallest absolute Gasteiger partial charge is 0.244 e. The lowest BCUT2D eigenvalue weighted by atomic mass is 10.1. The van der Waals surface area contributed by atoms with Crippen molar-refractivity contribution in [2.24, 2.45) is 0 Å². The number of rotatable bonds is 5. The summed E-state index contributed by atoms with van der Waals surface area (Å²) in [4.78, 5) is 20.9. The van der Waals surface area contributed by atoms with Crippen molar-refractivity contribution in [3.63, 3.8) is 0 Å². The van der Waals surface area contributed by atoms with Gasteiger partial charge in [0, 0.05) is 29.1 Å². The van der Waals surface area contributed by atoms with Crippen molar-refractivity contribution in [1.82, 2.24) is 19.7 Å². The monoisotopic (exact) mass is 480 g/mol. The number of nitrogens with zero attached hydrogens (tertiary/aromatic N) is 4. The second-order valence-corrected chi connectivity index (χ2v) is 9.27. The number of hydrogen-bond donors (Lipinski definition) is 0. The molecule has 0 N–H and O–H groups in total. The highest BCUT2D eigenvalue weighted by atomic mass is 32.1. The first-order valence-electron chi connectivity index (χ1n) is 10.8. The summed E-state index contributed by atoms with van der Waals surface area (Å²) in [6.07, 6.45) is 0.775.